The van der Waals surface area contributed by atoms with Crippen LogP contribution in [-0.2, 0) is 11.3 Å². The first-order valence-electron chi connectivity index (χ1n) is 7.98. The van der Waals surface area contributed by atoms with Crippen molar-refractivity contribution in [2.75, 3.05) is 14.2 Å². The van der Waals surface area contributed by atoms with E-state index in [0.717, 1.165) is 11.1 Å². The van der Waals surface area contributed by atoms with Gasteiger partial charge in [0, 0.05) is 31.5 Å². The monoisotopic (exact) mass is 350 g/mol. The quantitative estimate of drug-likeness (QED) is 0.561. The fourth-order valence-corrected chi connectivity index (χ4v) is 2.45. The first-order valence-corrected chi connectivity index (χ1v) is 7.98. The summed E-state index contributed by atoms with van der Waals surface area (Å²) >= 11 is 0. The number of hydrazine groups is 1. The van der Waals surface area contributed by atoms with Crippen molar-refractivity contribution in [1.82, 2.24) is 20.4 Å². The Morgan fingerprint density at radius 3 is 2.35 bits per heavy atom. The average molecular weight is 350 g/mol. The van der Waals surface area contributed by atoms with Crippen LogP contribution in [-0.4, -0.2) is 41.0 Å². The van der Waals surface area contributed by atoms with Crippen LogP contribution in [0.5, 0.6) is 0 Å². The van der Waals surface area contributed by atoms with Crippen molar-refractivity contribution in [3.05, 3.63) is 71.5 Å². The number of rotatable bonds is 5. The van der Waals surface area contributed by atoms with E-state index in [4.69, 9.17) is 0 Å². The molecule has 0 saturated carbocycles. The van der Waals surface area contributed by atoms with Gasteiger partial charge in [0.15, 0.2) is 0 Å². The number of carbonyl (C=O) groups excluding carboxylic acids is 2. The zero-order valence-corrected chi connectivity index (χ0v) is 14.5. The highest BCUT2D eigenvalue weighted by molar-refractivity contribution is 5.96. The third-order valence-corrected chi connectivity index (χ3v) is 3.92. The van der Waals surface area contributed by atoms with Crippen LogP contribution in [0.3, 0.4) is 0 Å². The summed E-state index contributed by atoms with van der Waals surface area (Å²) in [6.07, 6.45) is 3.21. The predicted octanol–water partition coefficient (Wildman–Crippen LogP) is 2.19. The van der Waals surface area contributed by atoms with Gasteiger partial charge in [-0.05, 0) is 35.9 Å². The fourth-order valence-electron chi connectivity index (χ4n) is 2.45. The molecule has 1 aromatic heterocycles. The maximum atomic E-state index is 12.5. The van der Waals surface area contributed by atoms with Crippen LogP contribution in [0.25, 0.3) is 11.0 Å². The molecule has 26 heavy (non-hydrogen) atoms. The molecule has 1 N–H and O–H groups in total. The Kier molecular flexibility index (Phi) is 5.19. The second kappa shape index (κ2) is 7.71. The maximum absolute atomic E-state index is 12.5. The smallest absolute Gasteiger partial charge is 0.337 e. The van der Waals surface area contributed by atoms with E-state index in [9.17, 15) is 9.59 Å². The second-order valence-corrected chi connectivity index (χ2v) is 5.65. The minimum Gasteiger partial charge on any atom is -0.465 e. The van der Waals surface area contributed by atoms with Crippen molar-refractivity contribution in [3.8, 4) is 0 Å². The number of esters is 1. The Morgan fingerprint density at radius 1 is 1.00 bits per heavy atom. The third kappa shape index (κ3) is 3.84. The summed E-state index contributed by atoms with van der Waals surface area (Å²) in [7, 11) is 3.00. The third-order valence-electron chi connectivity index (χ3n) is 3.92. The SMILES string of the molecule is COC(=O)c1ccc(CNN(C)C(=O)c2ccc3nccnc3c2)cc1. The molecule has 0 unspecified atom stereocenters. The number of aromatic nitrogens is 2. The Bertz CT molecular complexity index is 941. The van der Waals surface area contributed by atoms with E-state index in [1.165, 1.54) is 12.1 Å². The minimum atomic E-state index is -0.379. The number of benzene rings is 2. The van der Waals surface area contributed by atoms with Crippen molar-refractivity contribution in [2.24, 2.45) is 0 Å². The van der Waals surface area contributed by atoms with Gasteiger partial charge in [0.2, 0.25) is 0 Å². The lowest BCUT2D eigenvalue weighted by Gasteiger charge is -2.18. The normalized spacial score (nSPS) is 10.5. The first-order chi connectivity index (χ1) is 12.6. The fraction of sp³-hybridized carbons (Fsp3) is 0.158. The molecule has 0 bridgehead atoms. The van der Waals surface area contributed by atoms with Gasteiger partial charge in [0.25, 0.3) is 5.91 Å². The molecule has 0 aliphatic heterocycles. The van der Waals surface area contributed by atoms with Gasteiger partial charge in [0.05, 0.1) is 23.7 Å². The molecule has 132 valence electrons. The second-order valence-electron chi connectivity index (χ2n) is 5.65. The molecule has 0 aliphatic rings. The van der Waals surface area contributed by atoms with Crippen molar-refractivity contribution in [2.45, 2.75) is 6.54 Å². The molecule has 1 heterocycles. The van der Waals surface area contributed by atoms with Gasteiger partial charge in [-0.15, -0.1) is 0 Å². The Hall–Kier alpha value is -3.32. The highest BCUT2D eigenvalue weighted by atomic mass is 16.5. The summed E-state index contributed by atoms with van der Waals surface area (Å²) in [5, 5.41) is 1.42. The predicted molar refractivity (Wildman–Crippen MR) is 96.3 cm³/mol. The summed E-state index contributed by atoms with van der Waals surface area (Å²) in [6.45, 7) is 0.442. The van der Waals surface area contributed by atoms with E-state index in [1.807, 2.05) is 12.1 Å². The lowest BCUT2D eigenvalue weighted by molar-refractivity contribution is 0.0600. The van der Waals surface area contributed by atoms with Crippen LogP contribution in [0.4, 0.5) is 0 Å². The van der Waals surface area contributed by atoms with Gasteiger partial charge < -0.3 is 4.74 Å². The molecule has 7 heteroatoms. The van der Waals surface area contributed by atoms with E-state index in [-0.39, 0.29) is 11.9 Å². The molecule has 0 spiro atoms. The zero-order chi connectivity index (χ0) is 18.5. The number of ether oxygens (including phenoxy) is 1. The molecule has 3 aromatic rings. The Labute approximate surface area is 150 Å². The van der Waals surface area contributed by atoms with E-state index in [1.54, 1.807) is 49.8 Å². The van der Waals surface area contributed by atoms with Gasteiger partial charge >= 0.3 is 5.97 Å². The molecule has 0 aliphatic carbocycles. The molecule has 7 nitrogen and oxygen atoms in total. The van der Waals surface area contributed by atoms with Gasteiger partial charge in [-0.3, -0.25) is 19.8 Å². The highest BCUT2D eigenvalue weighted by Crippen LogP contribution is 2.12. The summed E-state index contributed by atoms with van der Waals surface area (Å²) in [5.74, 6) is -0.556. The van der Waals surface area contributed by atoms with E-state index < -0.39 is 0 Å². The number of fused-ring (bicyclic) bond motifs is 1. The number of nitrogens with one attached hydrogen (secondary N) is 1. The Balaban J connectivity index is 1.64. The van der Waals surface area contributed by atoms with E-state index in [2.05, 4.69) is 20.1 Å². The average Bonchev–Trinajstić information content (AvgIpc) is 2.70. The van der Waals surface area contributed by atoms with Crippen LogP contribution in [0.1, 0.15) is 26.3 Å². The molecule has 2 aromatic carbocycles. The van der Waals surface area contributed by atoms with E-state index >= 15 is 0 Å². The number of carbonyl (C=O) groups is 2. The van der Waals surface area contributed by atoms with Gasteiger partial charge in [0.1, 0.15) is 0 Å². The molecular formula is C19H18N4O3. The molecule has 3 rings (SSSR count). The van der Waals surface area contributed by atoms with Gasteiger partial charge in [-0.25, -0.2) is 10.2 Å². The van der Waals surface area contributed by atoms with Crippen molar-refractivity contribution in [1.29, 1.82) is 0 Å². The van der Waals surface area contributed by atoms with Crippen LogP contribution in [0, 0.1) is 0 Å². The molecule has 1 amide bonds. The summed E-state index contributed by atoms with van der Waals surface area (Å²) in [5.41, 5.74) is 6.39. The maximum Gasteiger partial charge on any atom is 0.337 e. The van der Waals surface area contributed by atoms with Crippen LogP contribution in [0.2, 0.25) is 0 Å². The largest absolute Gasteiger partial charge is 0.465 e. The zero-order valence-electron chi connectivity index (χ0n) is 14.5. The molecule has 0 fully saturated rings. The summed E-state index contributed by atoms with van der Waals surface area (Å²) in [4.78, 5) is 32.4. The minimum absolute atomic E-state index is 0.177. The molecule has 0 saturated heterocycles. The molecule has 0 atom stereocenters. The highest BCUT2D eigenvalue weighted by Gasteiger charge is 2.13. The van der Waals surface area contributed by atoms with E-state index in [0.29, 0.717) is 23.2 Å². The number of hydrogen-bond acceptors (Lipinski definition) is 6. The lowest BCUT2D eigenvalue weighted by Crippen LogP contribution is -2.39. The number of hydrogen-bond donors (Lipinski definition) is 1. The van der Waals surface area contributed by atoms with Crippen LogP contribution in [0.15, 0.2) is 54.9 Å². The standard InChI is InChI=1S/C19H18N4O3/c1-23(22-12-13-3-5-14(6-4-13)19(25)26-2)18(24)15-7-8-16-17(11-15)21-10-9-20-16/h3-11,22H,12H2,1-2H3. The number of amides is 1. The topological polar surface area (TPSA) is 84.4 Å². The van der Waals surface area contributed by atoms with Crippen LogP contribution >= 0.6 is 0 Å². The summed E-state index contributed by atoms with van der Waals surface area (Å²) in [6, 6.07) is 12.2. The van der Waals surface area contributed by atoms with Crippen molar-refractivity contribution in [3.63, 3.8) is 0 Å². The Morgan fingerprint density at radius 2 is 1.65 bits per heavy atom. The van der Waals surface area contributed by atoms with Crippen molar-refractivity contribution >= 4 is 22.9 Å². The molecule has 0 radical (unpaired) electrons. The van der Waals surface area contributed by atoms with Gasteiger partial charge in [-0.1, -0.05) is 12.1 Å². The first kappa shape index (κ1) is 17.5. The van der Waals surface area contributed by atoms with Crippen molar-refractivity contribution < 1.29 is 14.3 Å². The van der Waals surface area contributed by atoms with Gasteiger partial charge in [-0.2, -0.15) is 0 Å². The lowest BCUT2D eigenvalue weighted by atomic mass is 10.1. The molecular weight excluding hydrogens is 332 g/mol. The number of methoxy groups -OCH3 is 1. The summed E-state index contributed by atoms with van der Waals surface area (Å²) < 4.78 is 4.67. The van der Waals surface area contributed by atoms with Crippen LogP contribution < -0.4 is 5.43 Å². The number of nitrogens with zero attached hydrogens (tertiary/aromatic N) is 3.